The Bertz CT molecular complexity index is 448. The van der Waals surface area contributed by atoms with Gasteiger partial charge < -0.3 is 16.2 Å². The molecule has 0 aliphatic carbocycles. The number of hydrogen-bond donors (Lipinski definition) is 3. The predicted molar refractivity (Wildman–Crippen MR) is 63.9 cm³/mol. The van der Waals surface area contributed by atoms with E-state index >= 15 is 0 Å². The van der Waals surface area contributed by atoms with Crippen LogP contribution in [0.4, 0.5) is 4.79 Å². The van der Waals surface area contributed by atoms with Crippen LogP contribution in [0, 0.1) is 0 Å². The monoisotopic (exact) mass is 256 g/mol. The molecule has 2 amide bonds. The van der Waals surface area contributed by atoms with Crippen LogP contribution in [-0.4, -0.2) is 17.1 Å². The first-order valence-corrected chi connectivity index (χ1v) is 5.34. The fourth-order valence-corrected chi connectivity index (χ4v) is 1.56. The summed E-state index contributed by atoms with van der Waals surface area (Å²) in [6.07, 6.45) is 0. The summed E-state index contributed by atoms with van der Waals surface area (Å²) in [6, 6.07) is 4.29. The summed E-state index contributed by atoms with van der Waals surface area (Å²) in [4.78, 5) is 21.3. The van der Waals surface area contributed by atoms with Gasteiger partial charge in [-0.15, -0.1) is 0 Å². The summed E-state index contributed by atoms with van der Waals surface area (Å²) in [5, 5.41) is 11.7. The number of benzene rings is 1. The quantitative estimate of drug-likeness (QED) is 0.765. The molecule has 0 fully saturated rings. The maximum absolute atomic E-state index is 10.8. The minimum Gasteiger partial charge on any atom is -0.481 e. The molecule has 1 unspecified atom stereocenters. The van der Waals surface area contributed by atoms with E-state index in [1.54, 1.807) is 25.1 Å². The molecular formula is C11H13ClN2O3. The molecule has 0 spiro atoms. The molecule has 17 heavy (non-hydrogen) atoms. The van der Waals surface area contributed by atoms with Crippen molar-refractivity contribution < 1.29 is 14.7 Å². The molecule has 1 atom stereocenters. The van der Waals surface area contributed by atoms with Crippen molar-refractivity contribution in [1.82, 2.24) is 5.32 Å². The van der Waals surface area contributed by atoms with E-state index < -0.39 is 17.9 Å². The number of carbonyl (C=O) groups is 2. The highest BCUT2D eigenvalue weighted by molar-refractivity contribution is 6.31. The van der Waals surface area contributed by atoms with Crippen LogP contribution in [0.15, 0.2) is 18.2 Å². The molecule has 1 aromatic rings. The summed E-state index contributed by atoms with van der Waals surface area (Å²) in [6.45, 7) is 1.80. The van der Waals surface area contributed by atoms with Gasteiger partial charge in [-0.05, 0) is 24.1 Å². The highest BCUT2D eigenvalue weighted by atomic mass is 35.5. The maximum Gasteiger partial charge on any atom is 0.312 e. The van der Waals surface area contributed by atoms with Crippen molar-refractivity contribution in [2.24, 2.45) is 5.73 Å². The molecule has 0 saturated carbocycles. The average Bonchev–Trinajstić information content (AvgIpc) is 2.26. The summed E-state index contributed by atoms with van der Waals surface area (Å²) >= 11 is 5.98. The third kappa shape index (κ3) is 3.64. The first-order valence-electron chi connectivity index (χ1n) is 4.96. The first kappa shape index (κ1) is 13.3. The number of primary amides is 1. The van der Waals surface area contributed by atoms with Gasteiger partial charge in [0.15, 0.2) is 0 Å². The summed E-state index contributed by atoms with van der Waals surface area (Å²) < 4.78 is 0. The van der Waals surface area contributed by atoms with Crippen LogP contribution >= 0.6 is 11.6 Å². The van der Waals surface area contributed by atoms with Gasteiger partial charge in [-0.1, -0.05) is 23.7 Å². The lowest BCUT2D eigenvalue weighted by atomic mass is 10.00. The molecule has 0 heterocycles. The van der Waals surface area contributed by atoms with Crippen LogP contribution in [0.25, 0.3) is 0 Å². The van der Waals surface area contributed by atoms with Gasteiger partial charge in [-0.2, -0.15) is 0 Å². The molecule has 0 aliphatic heterocycles. The lowest BCUT2D eigenvalue weighted by molar-refractivity contribution is -0.138. The van der Waals surface area contributed by atoms with Crippen LogP contribution in [0.1, 0.15) is 24.0 Å². The van der Waals surface area contributed by atoms with Gasteiger partial charge in [0.2, 0.25) is 0 Å². The molecule has 0 aliphatic rings. The van der Waals surface area contributed by atoms with E-state index in [1.807, 2.05) is 0 Å². The number of rotatable bonds is 4. The van der Waals surface area contributed by atoms with Gasteiger partial charge in [0.1, 0.15) is 0 Å². The van der Waals surface area contributed by atoms with Crippen molar-refractivity contribution >= 4 is 23.6 Å². The fourth-order valence-electron chi connectivity index (χ4n) is 1.30. The zero-order chi connectivity index (χ0) is 13.0. The normalized spacial score (nSPS) is 11.9. The Kier molecular flexibility index (Phi) is 4.34. The summed E-state index contributed by atoms with van der Waals surface area (Å²) in [5.74, 6) is -1.53. The second-order valence-corrected chi connectivity index (χ2v) is 4.04. The minimum atomic E-state index is -0.913. The molecule has 0 saturated heterocycles. The molecule has 1 rings (SSSR count). The number of halogens is 1. The third-order valence-electron chi connectivity index (χ3n) is 2.40. The van der Waals surface area contributed by atoms with Crippen molar-refractivity contribution in [2.75, 3.05) is 0 Å². The number of carboxylic acids is 1. The number of urea groups is 1. The van der Waals surface area contributed by atoms with Crippen molar-refractivity contribution in [3.8, 4) is 0 Å². The molecular weight excluding hydrogens is 244 g/mol. The topological polar surface area (TPSA) is 92.4 Å². The largest absolute Gasteiger partial charge is 0.481 e. The van der Waals surface area contributed by atoms with Crippen LogP contribution < -0.4 is 11.1 Å². The van der Waals surface area contributed by atoms with E-state index in [0.29, 0.717) is 16.1 Å². The second kappa shape index (κ2) is 5.54. The van der Waals surface area contributed by atoms with E-state index in [1.165, 1.54) is 0 Å². The van der Waals surface area contributed by atoms with Gasteiger partial charge in [0, 0.05) is 11.6 Å². The fraction of sp³-hybridized carbons (Fsp3) is 0.273. The molecule has 4 N–H and O–H groups in total. The molecule has 1 aromatic carbocycles. The van der Waals surface area contributed by atoms with E-state index in [4.69, 9.17) is 22.4 Å². The van der Waals surface area contributed by atoms with Gasteiger partial charge in [0.05, 0.1) is 5.92 Å². The Morgan fingerprint density at radius 1 is 1.53 bits per heavy atom. The van der Waals surface area contributed by atoms with E-state index in [0.717, 1.165) is 0 Å². The minimum absolute atomic E-state index is 0.218. The molecule has 92 valence electrons. The summed E-state index contributed by atoms with van der Waals surface area (Å²) in [7, 11) is 0. The van der Waals surface area contributed by atoms with Crippen LogP contribution in [0.3, 0.4) is 0 Å². The SMILES string of the molecule is CC(C(=O)O)c1ccc(CNC(N)=O)c(Cl)c1. The lowest BCUT2D eigenvalue weighted by Crippen LogP contribution is -2.28. The Hall–Kier alpha value is -1.75. The van der Waals surface area contributed by atoms with Gasteiger partial charge in [0.25, 0.3) is 0 Å². The number of nitrogens with one attached hydrogen (secondary N) is 1. The second-order valence-electron chi connectivity index (χ2n) is 3.63. The summed E-state index contributed by atoms with van der Waals surface area (Å²) in [5.41, 5.74) is 6.24. The number of nitrogens with two attached hydrogens (primary N) is 1. The number of carbonyl (C=O) groups excluding carboxylic acids is 1. The zero-order valence-electron chi connectivity index (χ0n) is 9.24. The standard InChI is InChI=1S/C11H13ClN2O3/c1-6(10(15)16)7-2-3-8(9(12)4-7)5-14-11(13)17/h2-4,6H,5H2,1H3,(H,15,16)(H3,13,14,17). The smallest absolute Gasteiger partial charge is 0.312 e. The highest BCUT2D eigenvalue weighted by Gasteiger charge is 2.14. The Morgan fingerprint density at radius 3 is 2.65 bits per heavy atom. The lowest BCUT2D eigenvalue weighted by Gasteiger charge is -2.10. The first-order chi connectivity index (χ1) is 7.91. The number of amides is 2. The van der Waals surface area contributed by atoms with Gasteiger partial charge in [-0.3, -0.25) is 4.79 Å². The highest BCUT2D eigenvalue weighted by Crippen LogP contribution is 2.23. The maximum atomic E-state index is 10.8. The Morgan fingerprint density at radius 2 is 2.18 bits per heavy atom. The molecule has 6 heteroatoms. The van der Waals surface area contributed by atoms with Gasteiger partial charge >= 0.3 is 12.0 Å². The Balaban J connectivity index is 2.86. The molecule has 5 nitrogen and oxygen atoms in total. The van der Waals surface area contributed by atoms with Gasteiger partial charge in [-0.25, -0.2) is 4.79 Å². The van der Waals surface area contributed by atoms with Crippen molar-refractivity contribution in [1.29, 1.82) is 0 Å². The Labute approximate surface area is 104 Å². The van der Waals surface area contributed by atoms with E-state index in [-0.39, 0.29) is 6.54 Å². The van der Waals surface area contributed by atoms with Crippen molar-refractivity contribution in [2.45, 2.75) is 19.4 Å². The molecule has 0 aromatic heterocycles. The predicted octanol–water partition coefficient (Wildman–Crippen LogP) is 1.70. The molecule has 0 bridgehead atoms. The van der Waals surface area contributed by atoms with E-state index in [9.17, 15) is 9.59 Å². The number of aliphatic carboxylic acids is 1. The van der Waals surface area contributed by atoms with Crippen LogP contribution in [0.2, 0.25) is 5.02 Å². The number of carboxylic acid groups (broad SMARTS) is 1. The zero-order valence-corrected chi connectivity index (χ0v) is 9.99. The van der Waals surface area contributed by atoms with Crippen molar-refractivity contribution in [3.05, 3.63) is 34.3 Å². The third-order valence-corrected chi connectivity index (χ3v) is 2.75. The van der Waals surface area contributed by atoms with Crippen molar-refractivity contribution in [3.63, 3.8) is 0 Å². The van der Waals surface area contributed by atoms with Crippen LogP contribution in [0.5, 0.6) is 0 Å². The average molecular weight is 257 g/mol. The molecule has 0 radical (unpaired) electrons. The van der Waals surface area contributed by atoms with E-state index in [2.05, 4.69) is 5.32 Å². The van der Waals surface area contributed by atoms with Crippen LogP contribution in [-0.2, 0) is 11.3 Å². The number of hydrogen-bond acceptors (Lipinski definition) is 2.